The maximum atomic E-state index is 12.2. The Labute approximate surface area is 125 Å². The van der Waals surface area contributed by atoms with E-state index in [1.165, 1.54) is 20.2 Å². The molecule has 1 aliphatic rings. The van der Waals surface area contributed by atoms with Gasteiger partial charge in [0.05, 0.1) is 11.8 Å². The molecule has 0 radical (unpaired) electrons. The molecule has 2 rings (SSSR count). The molecule has 21 heavy (non-hydrogen) atoms. The molecule has 7 heteroatoms. The van der Waals surface area contributed by atoms with Gasteiger partial charge in [0.2, 0.25) is 10.0 Å². The van der Waals surface area contributed by atoms with Gasteiger partial charge in [0.25, 0.3) is 0 Å². The van der Waals surface area contributed by atoms with Crippen LogP contribution in [0.5, 0.6) is 5.75 Å². The average Bonchev–Trinajstić information content (AvgIpc) is 2.47. The highest BCUT2D eigenvalue weighted by molar-refractivity contribution is 7.89. The van der Waals surface area contributed by atoms with Gasteiger partial charge in [-0.1, -0.05) is 6.07 Å². The van der Waals surface area contributed by atoms with Crippen molar-refractivity contribution < 1.29 is 17.9 Å². The topological polar surface area (TPSA) is 81.9 Å². The largest absolute Gasteiger partial charge is 0.489 e. The third-order valence-corrected chi connectivity index (χ3v) is 5.36. The fourth-order valence-electron chi connectivity index (χ4n) is 2.19. The maximum absolute atomic E-state index is 12.2. The minimum atomic E-state index is -3.58. The van der Waals surface area contributed by atoms with Crippen LogP contribution >= 0.6 is 0 Å². The van der Waals surface area contributed by atoms with Crippen LogP contribution in [0.3, 0.4) is 0 Å². The van der Waals surface area contributed by atoms with E-state index < -0.39 is 10.0 Å². The van der Waals surface area contributed by atoms with Crippen LogP contribution in [-0.2, 0) is 14.8 Å². The quantitative estimate of drug-likeness (QED) is 0.832. The van der Waals surface area contributed by atoms with E-state index in [1.807, 2.05) is 0 Å². The molecule has 0 aromatic heterocycles. The lowest BCUT2D eigenvalue weighted by atomic mass is 10.1. The summed E-state index contributed by atoms with van der Waals surface area (Å²) >= 11 is 0. The van der Waals surface area contributed by atoms with Crippen molar-refractivity contribution in [3.8, 4) is 5.75 Å². The van der Waals surface area contributed by atoms with Crippen molar-refractivity contribution in [2.75, 3.05) is 33.0 Å². The Morgan fingerprint density at radius 1 is 1.38 bits per heavy atom. The van der Waals surface area contributed by atoms with Gasteiger partial charge in [-0.15, -0.1) is 0 Å². The van der Waals surface area contributed by atoms with Crippen LogP contribution in [0.25, 0.3) is 0 Å². The molecule has 1 unspecified atom stereocenters. The number of nitrogens with zero attached hydrogens (tertiary/aromatic N) is 1. The van der Waals surface area contributed by atoms with E-state index in [2.05, 4.69) is 0 Å². The molecule has 0 bridgehead atoms. The summed E-state index contributed by atoms with van der Waals surface area (Å²) in [4.78, 5) is 0.0644. The molecule has 0 spiro atoms. The van der Waals surface area contributed by atoms with E-state index >= 15 is 0 Å². The first-order valence-corrected chi connectivity index (χ1v) is 8.42. The Bertz CT molecular complexity index is 581. The molecule has 1 fully saturated rings. The van der Waals surface area contributed by atoms with Gasteiger partial charge < -0.3 is 15.2 Å². The molecular weight excluding hydrogens is 292 g/mol. The first kappa shape index (κ1) is 16.1. The van der Waals surface area contributed by atoms with Crippen LogP contribution in [0.1, 0.15) is 19.3 Å². The second-order valence-corrected chi connectivity index (χ2v) is 7.38. The predicted molar refractivity (Wildman–Crippen MR) is 80.8 cm³/mol. The molecule has 118 valence electrons. The minimum absolute atomic E-state index is 0.0484. The van der Waals surface area contributed by atoms with Crippen molar-refractivity contribution in [1.82, 2.24) is 4.31 Å². The molecule has 0 amide bonds. The first-order chi connectivity index (χ1) is 9.93. The van der Waals surface area contributed by atoms with Crippen molar-refractivity contribution in [3.63, 3.8) is 0 Å². The van der Waals surface area contributed by atoms with Crippen molar-refractivity contribution in [1.29, 1.82) is 0 Å². The van der Waals surface area contributed by atoms with Crippen molar-refractivity contribution in [2.24, 2.45) is 0 Å². The molecule has 6 nitrogen and oxygen atoms in total. The van der Waals surface area contributed by atoms with Gasteiger partial charge in [-0.25, -0.2) is 12.7 Å². The second kappa shape index (κ2) is 6.64. The van der Waals surface area contributed by atoms with E-state index in [0.29, 0.717) is 12.4 Å². The summed E-state index contributed by atoms with van der Waals surface area (Å²) < 4.78 is 36.7. The van der Waals surface area contributed by atoms with Crippen LogP contribution in [0.4, 0.5) is 5.69 Å². The van der Waals surface area contributed by atoms with Gasteiger partial charge in [-0.2, -0.15) is 0 Å². The number of anilines is 1. The number of hydrogen-bond acceptors (Lipinski definition) is 5. The van der Waals surface area contributed by atoms with Crippen molar-refractivity contribution in [2.45, 2.75) is 30.3 Å². The van der Waals surface area contributed by atoms with E-state index in [9.17, 15) is 8.42 Å². The molecule has 1 aromatic rings. The Morgan fingerprint density at radius 2 is 2.14 bits per heavy atom. The highest BCUT2D eigenvalue weighted by atomic mass is 32.2. The standard InChI is InChI=1S/C14H22N2O4S/c1-16(2)21(17,18)13-8-5-7-12(14(13)15)20-10-11-6-3-4-9-19-11/h5,7-8,11H,3-4,6,9-10,15H2,1-2H3. The van der Waals surface area contributed by atoms with Crippen LogP contribution < -0.4 is 10.5 Å². The summed E-state index contributed by atoms with van der Waals surface area (Å²) in [6.07, 6.45) is 3.20. The molecule has 1 saturated heterocycles. The number of para-hydroxylation sites is 1. The molecule has 1 aromatic carbocycles. The smallest absolute Gasteiger partial charge is 0.244 e. The Morgan fingerprint density at radius 3 is 2.76 bits per heavy atom. The zero-order chi connectivity index (χ0) is 15.5. The lowest BCUT2D eigenvalue weighted by Crippen LogP contribution is -2.26. The predicted octanol–water partition coefficient (Wildman–Crippen LogP) is 1.47. The number of rotatable bonds is 5. The molecule has 0 saturated carbocycles. The summed E-state index contributed by atoms with van der Waals surface area (Å²) in [6, 6.07) is 4.78. The van der Waals surface area contributed by atoms with Gasteiger partial charge in [0.1, 0.15) is 17.3 Å². The summed E-state index contributed by atoms with van der Waals surface area (Å²) in [6.45, 7) is 1.13. The molecular formula is C14H22N2O4S. The lowest BCUT2D eigenvalue weighted by Gasteiger charge is -2.23. The van der Waals surface area contributed by atoms with Crippen LogP contribution in [0, 0.1) is 0 Å². The highest BCUT2D eigenvalue weighted by Gasteiger charge is 2.23. The SMILES string of the molecule is CN(C)S(=O)(=O)c1cccc(OCC2CCCCO2)c1N. The van der Waals surface area contributed by atoms with Crippen LogP contribution in [0.15, 0.2) is 23.1 Å². The number of benzene rings is 1. The van der Waals surface area contributed by atoms with E-state index in [1.54, 1.807) is 12.1 Å². The Kier molecular flexibility index (Phi) is 5.08. The van der Waals surface area contributed by atoms with Crippen LogP contribution in [-0.4, -0.2) is 46.1 Å². The number of hydrogen-bond donors (Lipinski definition) is 1. The first-order valence-electron chi connectivity index (χ1n) is 6.98. The fraction of sp³-hybridized carbons (Fsp3) is 0.571. The lowest BCUT2D eigenvalue weighted by molar-refractivity contribution is -0.0109. The molecule has 1 heterocycles. The molecule has 2 N–H and O–H groups in total. The monoisotopic (exact) mass is 314 g/mol. The highest BCUT2D eigenvalue weighted by Crippen LogP contribution is 2.30. The molecule has 1 atom stereocenters. The normalized spacial score (nSPS) is 19.7. The summed E-state index contributed by atoms with van der Waals surface area (Å²) in [5.74, 6) is 0.382. The summed E-state index contributed by atoms with van der Waals surface area (Å²) in [5, 5.41) is 0. The maximum Gasteiger partial charge on any atom is 0.244 e. The molecule has 0 aliphatic carbocycles. The van der Waals surface area contributed by atoms with Gasteiger partial charge in [0.15, 0.2) is 0 Å². The van der Waals surface area contributed by atoms with Gasteiger partial charge in [-0.05, 0) is 31.4 Å². The second-order valence-electron chi connectivity index (χ2n) is 5.25. The number of nitrogens with two attached hydrogens (primary N) is 1. The van der Waals surface area contributed by atoms with Crippen LogP contribution in [0.2, 0.25) is 0 Å². The average molecular weight is 314 g/mol. The van der Waals surface area contributed by atoms with Gasteiger partial charge in [0, 0.05) is 20.7 Å². The zero-order valence-corrected chi connectivity index (χ0v) is 13.2. The van der Waals surface area contributed by atoms with Gasteiger partial charge in [-0.3, -0.25) is 0 Å². The molecule has 1 aliphatic heterocycles. The number of nitrogen functional groups attached to an aromatic ring is 1. The minimum Gasteiger partial charge on any atom is -0.489 e. The third kappa shape index (κ3) is 3.66. The number of sulfonamides is 1. The van der Waals surface area contributed by atoms with E-state index in [4.69, 9.17) is 15.2 Å². The summed E-state index contributed by atoms with van der Waals surface area (Å²) in [5.41, 5.74) is 6.09. The third-order valence-electron chi connectivity index (χ3n) is 3.48. The number of ether oxygens (including phenoxy) is 2. The summed E-state index contributed by atoms with van der Waals surface area (Å²) in [7, 11) is -0.635. The zero-order valence-electron chi connectivity index (χ0n) is 12.4. The van der Waals surface area contributed by atoms with E-state index in [-0.39, 0.29) is 16.7 Å². The Balaban J connectivity index is 2.14. The van der Waals surface area contributed by atoms with Crippen molar-refractivity contribution >= 4 is 15.7 Å². The van der Waals surface area contributed by atoms with E-state index in [0.717, 1.165) is 30.2 Å². The van der Waals surface area contributed by atoms with Crippen molar-refractivity contribution in [3.05, 3.63) is 18.2 Å². The van der Waals surface area contributed by atoms with Gasteiger partial charge >= 0.3 is 0 Å². The Hall–Kier alpha value is -1.31. The fourth-order valence-corrected chi connectivity index (χ4v) is 3.22.